The minimum Gasteiger partial charge on any atom is -0.497 e. The number of carboxylic acids is 1. The number of methoxy groups -OCH3 is 2. The molecule has 0 bridgehead atoms. The molecule has 0 saturated heterocycles. The number of hydrogen-bond donors (Lipinski definition) is 1. The minimum atomic E-state index is -1.02. The van der Waals surface area contributed by atoms with E-state index in [1.807, 2.05) is 13.8 Å². The predicted molar refractivity (Wildman–Crippen MR) is 78.1 cm³/mol. The highest BCUT2D eigenvalue weighted by atomic mass is 16.5. The molecule has 0 aliphatic heterocycles. The molecular formula is C15H18N2O4. The molecule has 0 amide bonds. The van der Waals surface area contributed by atoms with Crippen LogP contribution in [0.4, 0.5) is 0 Å². The van der Waals surface area contributed by atoms with Gasteiger partial charge in [-0.25, -0.2) is 4.79 Å². The molecule has 1 heterocycles. The summed E-state index contributed by atoms with van der Waals surface area (Å²) < 4.78 is 12.1. The molecule has 0 aliphatic rings. The number of aromatic carboxylic acids is 1. The molecule has 112 valence electrons. The molecule has 6 nitrogen and oxygen atoms in total. The maximum absolute atomic E-state index is 11.4. The van der Waals surface area contributed by atoms with E-state index in [0.29, 0.717) is 22.8 Å². The fraction of sp³-hybridized carbons (Fsp3) is 0.333. The molecule has 1 N–H and O–H groups in total. The number of nitrogens with zero attached hydrogens (tertiary/aromatic N) is 2. The zero-order valence-electron chi connectivity index (χ0n) is 12.5. The maximum atomic E-state index is 11.4. The van der Waals surface area contributed by atoms with Gasteiger partial charge in [-0.15, -0.1) is 0 Å². The molecule has 0 radical (unpaired) electrons. The van der Waals surface area contributed by atoms with Gasteiger partial charge in [-0.2, -0.15) is 5.10 Å². The summed E-state index contributed by atoms with van der Waals surface area (Å²) >= 11 is 0. The van der Waals surface area contributed by atoms with Crippen molar-refractivity contribution in [3.8, 4) is 22.8 Å². The average molecular weight is 290 g/mol. The topological polar surface area (TPSA) is 73.6 Å². The van der Waals surface area contributed by atoms with E-state index < -0.39 is 5.97 Å². The summed E-state index contributed by atoms with van der Waals surface area (Å²) in [5.41, 5.74) is 1.15. The van der Waals surface area contributed by atoms with Gasteiger partial charge >= 0.3 is 5.97 Å². The number of ether oxygens (including phenoxy) is 2. The summed E-state index contributed by atoms with van der Waals surface area (Å²) in [6.07, 6.45) is 1.53. The normalized spacial score (nSPS) is 10.7. The summed E-state index contributed by atoms with van der Waals surface area (Å²) in [6, 6.07) is 5.27. The van der Waals surface area contributed by atoms with Crippen LogP contribution in [0.15, 0.2) is 24.4 Å². The number of carbonyl (C=O) groups is 1. The van der Waals surface area contributed by atoms with Crippen LogP contribution in [0, 0.1) is 0 Å². The van der Waals surface area contributed by atoms with Crippen molar-refractivity contribution in [2.24, 2.45) is 0 Å². The molecule has 0 aliphatic carbocycles. The zero-order valence-corrected chi connectivity index (χ0v) is 12.5. The Morgan fingerprint density at radius 1 is 1.29 bits per heavy atom. The van der Waals surface area contributed by atoms with Crippen molar-refractivity contribution < 1.29 is 19.4 Å². The van der Waals surface area contributed by atoms with Crippen LogP contribution >= 0.6 is 0 Å². The van der Waals surface area contributed by atoms with Gasteiger partial charge in [0.25, 0.3) is 0 Å². The maximum Gasteiger partial charge on any atom is 0.339 e. The lowest BCUT2D eigenvalue weighted by molar-refractivity contribution is 0.0697. The molecule has 0 saturated carbocycles. The van der Waals surface area contributed by atoms with Crippen LogP contribution in [0.2, 0.25) is 0 Å². The number of hydrogen-bond acceptors (Lipinski definition) is 4. The van der Waals surface area contributed by atoms with Crippen molar-refractivity contribution >= 4 is 5.97 Å². The molecule has 1 aromatic heterocycles. The Labute approximate surface area is 122 Å². The molecule has 0 spiro atoms. The van der Waals surface area contributed by atoms with Crippen molar-refractivity contribution in [1.82, 2.24) is 9.78 Å². The molecule has 1 aromatic carbocycles. The first-order chi connectivity index (χ1) is 9.97. The molecule has 0 unspecified atom stereocenters. The number of benzene rings is 1. The van der Waals surface area contributed by atoms with Gasteiger partial charge in [0.15, 0.2) is 0 Å². The van der Waals surface area contributed by atoms with E-state index in [0.717, 1.165) is 0 Å². The number of rotatable bonds is 5. The van der Waals surface area contributed by atoms with Gasteiger partial charge < -0.3 is 14.6 Å². The summed E-state index contributed by atoms with van der Waals surface area (Å²) in [4.78, 5) is 11.4. The largest absolute Gasteiger partial charge is 0.497 e. The first-order valence-electron chi connectivity index (χ1n) is 6.52. The van der Waals surface area contributed by atoms with Crippen molar-refractivity contribution in [2.75, 3.05) is 14.2 Å². The Balaban J connectivity index is 2.62. The quantitative estimate of drug-likeness (QED) is 0.916. The van der Waals surface area contributed by atoms with Crippen LogP contribution < -0.4 is 9.47 Å². The SMILES string of the molecule is COc1ccc(-c2nn(C(C)C)cc2C(=O)O)c(OC)c1. The second kappa shape index (κ2) is 5.87. The Morgan fingerprint density at radius 2 is 2.00 bits per heavy atom. The van der Waals surface area contributed by atoms with E-state index in [1.165, 1.54) is 13.3 Å². The number of aromatic nitrogens is 2. The number of carboxylic acid groups (broad SMARTS) is 1. The predicted octanol–water partition coefficient (Wildman–Crippen LogP) is 2.85. The average Bonchev–Trinajstić information content (AvgIpc) is 2.91. The van der Waals surface area contributed by atoms with Crippen molar-refractivity contribution in [1.29, 1.82) is 0 Å². The second-order valence-corrected chi connectivity index (χ2v) is 4.84. The Hall–Kier alpha value is -2.50. The first-order valence-corrected chi connectivity index (χ1v) is 6.52. The smallest absolute Gasteiger partial charge is 0.339 e. The summed E-state index contributed by atoms with van der Waals surface area (Å²) in [5.74, 6) is 0.136. The van der Waals surface area contributed by atoms with Gasteiger partial charge in [-0.05, 0) is 26.0 Å². The lowest BCUT2D eigenvalue weighted by Crippen LogP contribution is -2.01. The molecule has 2 rings (SSSR count). The Morgan fingerprint density at radius 3 is 2.52 bits per heavy atom. The monoisotopic (exact) mass is 290 g/mol. The van der Waals surface area contributed by atoms with Crippen molar-refractivity contribution in [2.45, 2.75) is 19.9 Å². The summed E-state index contributed by atoms with van der Waals surface area (Å²) in [6.45, 7) is 3.88. The van der Waals surface area contributed by atoms with Crippen LogP contribution in [0.25, 0.3) is 11.3 Å². The Bertz CT molecular complexity index is 662. The molecule has 21 heavy (non-hydrogen) atoms. The highest BCUT2D eigenvalue weighted by Crippen LogP contribution is 2.34. The minimum absolute atomic E-state index is 0.0705. The van der Waals surface area contributed by atoms with Crippen LogP contribution in [-0.4, -0.2) is 35.1 Å². The van der Waals surface area contributed by atoms with Crippen LogP contribution in [-0.2, 0) is 0 Å². The molecular weight excluding hydrogens is 272 g/mol. The highest BCUT2D eigenvalue weighted by molar-refractivity contribution is 5.95. The zero-order chi connectivity index (χ0) is 15.6. The summed E-state index contributed by atoms with van der Waals surface area (Å²) in [7, 11) is 3.09. The third kappa shape index (κ3) is 2.84. The Kier molecular flexibility index (Phi) is 4.16. The van der Waals surface area contributed by atoms with Crippen molar-refractivity contribution in [3.63, 3.8) is 0 Å². The molecule has 2 aromatic rings. The lowest BCUT2D eigenvalue weighted by atomic mass is 10.1. The fourth-order valence-electron chi connectivity index (χ4n) is 2.01. The van der Waals surface area contributed by atoms with E-state index >= 15 is 0 Å². The van der Waals surface area contributed by atoms with E-state index in [9.17, 15) is 9.90 Å². The molecule has 6 heteroatoms. The molecule has 0 fully saturated rings. The highest BCUT2D eigenvalue weighted by Gasteiger charge is 2.21. The van der Waals surface area contributed by atoms with Crippen molar-refractivity contribution in [3.05, 3.63) is 30.0 Å². The first kappa shape index (κ1) is 14.9. The lowest BCUT2D eigenvalue weighted by Gasteiger charge is -2.09. The van der Waals surface area contributed by atoms with E-state index in [-0.39, 0.29) is 11.6 Å². The fourth-order valence-corrected chi connectivity index (χ4v) is 2.01. The van der Waals surface area contributed by atoms with Gasteiger partial charge in [-0.1, -0.05) is 0 Å². The van der Waals surface area contributed by atoms with Crippen LogP contribution in [0.3, 0.4) is 0 Å². The van der Waals surface area contributed by atoms with E-state index in [1.54, 1.807) is 30.0 Å². The van der Waals surface area contributed by atoms with Gasteiger partial charge in [-0.3, -0.25) is 4.68 Å². The van der Waals surface area contributed by atoms with Crippen LogP contribution in [0.5, 0.6) is 11.5 Å². The van der Waals surface area contributed by atoms with Gasteiger partial charge in [0.1, 0.15) is 22.8 Å². The standard InChI is InChI=1S/C15H18N2O4/c1-9(2)17-8-12(15(18)19)14(16-17)11-6-5-10(20-3)7-13(11)21-4/h5-9H,1-4H3,(H,18,19). The molecule has 0 atom stereocenters. The van der Waals surface area contributed by atoms with Crippen LogP contribution in [0.1, 0.15) is 30.2 Å². The van der Waals surface area contributed by atoms with Gasteiger partial charge in [0, 0.05) is 23.9 Å². The van der Waals surface area contributed by atoms with E-state index in [2.05, 4.69) is 5.10 Å². The summed E-state index contributed by atoms with van der Waals surface area (Å²) in [5, 5.41) is 13.7. The van der Waals surface area contributed by atoms with E-state index in [4.69, 9.17) is 9.47 Å². The van der Waals surface area contributed by atoms with Gasteiger partial charge in [0.2, 0.25) is 0 Å². The third-order valence-corrected chi connectivity index (χ3v) is 3.16. The van der Waals surface area contributed by atoms with Gasteiger partial charge in [0.05, 0.1) is 14.2 Å². The second-order valence-electron chi connectivity index (χ2n) is 4.84. The third-order valence-electron chi connectivity index (χ3n) is 3.16.